The molecule has 240 valence electrons. The number of hydrogen-bond acceptors (Lipinski definition) is 10. The minimum absolute atomic E-state index is 0.333. The fraction of sp³-hybridized carbons (Fsp3) is 0.333. The zero-order chi connectivity index (χ0) is 32.1. The van der Waals surface area contributed by atoms with E-state index in [-0.39, 0.29) is 5.97 Å². The molecule has 0 radical (unpaired) electrons. The first-order valence-electron chi connectivity index (χ1n) is 15.1. The Morgan fingerprint density at radius 3 is 2.78 bits per heavy atom. The second-order valence-electron chi connectivity index (χ2n) is 10.8. The van der Waals surface area contributed by atoms with Crippen molar-refractivity contribution < 1.29 is 23.7 Å². The van der Waals surface area contributed by atoms with E-state index in [0.29, 0.717) is 67.3 Å². The van der Waals surface area contributed by atoms with Gasteiger partial charge in [0.05, 0.1) is 60.8 Å². The predicted octanol–water partition coefficient (Wildman–Crippen LogP) is 5.00. The number of aromatic nitrogens is 5. The van der Waals surface area contributed by atoms with Crippen LogP contribution in [0.2, 0.25) is 5.02 Å². The summed E-state index contributed by atoms with van der Waals surface area (Å²) in [4.78, 5) is 23.6. The number of fused-ring (bicyclic) bond motifs is 2. The van der Waals surface area contributed by atoms with Crippen LogP contribution in [0.4, 0.5) is 5.69 Å². The summed E-state index contributed by atoms with van der Waals surface area (Å²) in [6.45, 7) is 7.92. The molecule has 0 spiro atoms. The van der Waals surface area contributed by atoms with Crippen molar-refractivity contribution in [1.29, 1.82) is 0 Å². The van der Waals surface area contributed by atoms with E-state index in [4.69, 9.17) is 35.5 Å². The molecular weight excluding hydrogens is 610 g/mol. The Labute approximate surface area is 271 Å². The largest absolute Gasteiger partial charge is 0.465 e. The first-order chi connectivity index (χ1) is 22.4. The van der Waals surface area contributed by atoms with E-state index in [1.807, 2.05) is 54.2 Å². The van der Waals surface area contributed by atoms with Crippen LogP contribution in [0.3, 0.4) is 0 Å². The third-order valence-corrected chi connectivity index (χ3v) is 8.05. The standard InChI is InChI=1S/C33H36ClN7O5/c1-4-39(26-7-5-8-28-31(26)46-33(2,45-28)29-12-10-24(34)20-36-29)17-18-44-22-35-21-30-38-25-11-9-23(32(42)43-3)19-27(25)41(30)16-15-40-14-6-13-37-40/h5-14,19-20,35H,4,15-18,21-22H2,1-3H3. The number of para-hydroxylation sites is 1. The number of esters is 1. The molecule has 3 aromatic heterocycles. The van der Waals surface area contributed by atoms with Gasteiger partial charge in [-0.2, -0.15) is 5.10 Å². The molecule has 6 rings (SSSR count). The number of carbonyl (C=O) groups is 1. The zero-order valence-electron chi connectivity index (χ0n) is 26.0. The van der Waals surface area contributed by atoms with Crippen LogP contribution in [0.1, 0.15) is 35.7 Å². The number of likely N-dealkylation sites (N-methyl/N-ethyl adjacent to an activating group) is 1. The molecule has 1 aliphatic rings. The average molecular weight is 646 g/mol. The molecule has 1 unspecified atom stereocenters. The number of anilines is 1. The Balaban J connectivity index is 1.06. The first-order valence-corrected chi connectivity index (χ1v) is 15.5. The van der Waals surface area contributed by atoms with Crippen molar-refractivity contribution in [3.8, 4) is 11.5 Å². The van der Waals surface area contributed by atoms with Crippen molar-refractivity contribution in [3.63, 3.8) is 0 Å². The van der Waals surface area contributed by atoms with E-state index in [2.05, 4.69) is 31.8 Å². The number of hydrogen-bond donors (Lipinski definition) is 1. The maximum absolute atomic E-state index is 12.2. The van der Waals surface area contributed by atoms with E-state index in [1.165, 1.54) is 7.11 Å². The summed E-state index contributed by atoms with van der Waals surface area (Å²) in [6.07, 6.45) is 5.26. The number of methoxy groups -OCH3 is 1. The van der Waals surface area contributed by atoms with Gasteiger partial charge in [0.15, 0.2) is 11.5 Å². The summed E-state index contributed by atoms with van der Waals surface area (Å²) < 4.78 is 27.5. The molecule has 13 heteroatoms. The molecule has 0 amide bonds. The minimum Gasteiger partial charge on any atom is -0.465 e. The maximum Gasteiger partial charge on any atom is 0.337 e. The van der Waals surface area contributed by atoms with Crippen molar-refractivity contribution in [2.24, 2.45) is 0 Å². The van der Waals surface area contributed by atoms with Crippen LogP contribution < -0.4 is 19.7 Å². The topological polar surface area (TPSA) is 118 Å². The number of benzene rings is 2. The molecule has 46 heavy (non-hydrogen) atoms. The van der Waals surface area contributed by atoms with Crippen molar-refractivity contribution in [2.75, 3.05) is 38.4 Å². The minimum atomic E-state index is -1.06. The van der Waals surface area contributed by atoms with Crippen LogP contribution >= 0.6 is 11.6 Å². The molecule has 1 N–H and O–H groups in total. The molecule has 0 saturated carbocycles. The zero-order valence-corrected chi connectivity index (χ0v) is 26.7. The summed E-state index contributed by atoms with van der Waals surface area (Å²) in [7, 11) is 1.38. The molecule has 1 aliphatic heterocycles. The third-order valence-electron chi connectivity index (χ3n) is 7.83. The molecule has 0 aliphatic carbocycles. The highest BCUT2D eigenvalue weighted by molar-refractivity contribution is 6.30. The Morgan fingerprint density at radius 2 is 2.02 bits per heavy atom. The smallest absolute Gasteiger partial charge is 0.337 e. The molecule has 1 atom stereocenters. The monoisotopic (exact) mass is 645 g/mol. The molecule has 0 bridgehead atoms. The summed E-state index contributed by atoms with van der Waals surface area (Å²) in [6, 6.07) is 16.7. The number of aryl methyl sites for hydroxylation is 2. The van der Waals surface area contributed by atoms with E-state index in [9.17, 15) is 4.79 Å². The normalized spacial score (nSPS) is 15.4. The Morgan fingerprint density at radius 1 is 1.13 bits per heavy atom. The predicted molar refractivity (Wildman–Crippen MR) is 173 cm³/mol. The van der Waals surface area contributed by atoms with E-state index in [1.54, 1.807) is 30.6 Å². The van der Waals surface area contributed by atoms with Gasteiger partial charge >= 0.3 is 5.97 Å². The number of nitrogens with one attached hydrogen (secondary N) is 1. The van der Waals surface area contributed by atoms with Crippen LogP contribution in [-0.2, 0) is 34.9 Å². The summed E-state index contributed by atoms with van der Waals surface area (Å²) in [5, 5.41) is 8.21. The molecule has 0 saturated heterocycles. The SMILES string of the molecule is CCN(CCOCNCc1nc2ccc(C(=O)OC)cc2n1CCn1cccn1)c1cccc2c1OC(C)(c1ccc(Cl)cn1)O2. The van der Waals surface area contributed by atoms with Gasteiger partial charge in [0.1, 0.15) is 11.5 Å². The summed E-state index contributed by atoms with van der Waals surface area (Å²) in [5.41, 5.74) is 3.69. The fourth-order valence-electron chi connectivity index (χ4n) is 5.48. The van der Waals surface area contributed by atoms with E-state index in [0.717, 1.165) is 29.1 Å². The first kappa shape index (κ1) is 31.3. The van der Waals surface area contributed by atoms with Gasteiger partial charge in [-0.1, -0.05) is 17.7 Å². The second-order valence-corrected chi connectivity index (χ2v) is 11.3. The van der Waals surface area contributed by atoms with Gasteiger partial charge in [0.25, 0.3) is 5.79 Å². The van der Waals surface area contributed by atoms with Gasteiger partial charge in [-0.05, 0) is 55.5 Å². The average Bonchev–Trinajstić information content (AvgIpc) is 3.80. The van der Waals surface area contributed by atoms with Crippen LogP contribution in [-0.4, -0.2) is 63.8 Å². The Kier molecular flexibility index (Phi) is 9.38. The molecule has 4 heterocycles. The lowest BCUT2D eigenvalue weighted by molar-refractivity contribution is -0.0715. The van der Waals surface area contributed by atoms with Gasteiger partial charge in [0, 0.05) is 45.1 Å². The molecule has 5 aromatic rings. The number of rotatable bonds is 14. The van der Waals surface area contributed by atoms with Crippen LogP contribution in [0.15, 0.2) is 73.2 Å². The number of nitrogens with zero attached hydrogens (tertiary/aromatic N) is 6. The van der Waals surface area contributed by atoms with Crippen LogP contribution in [0.5, 0.6) is 11.5 Å². The lowest BCUT2D eigenvalue weighted by atomic mass is 10.2. The molecule has 12 nitrogen and oxygen atoms in total. The number of pyridine rings is 1. The van der Waals surface area contributed by atoms with Gasteiger partial charge in [0.2, 0.25) is 0 Å². The maximum atomic E-state index is 12.2. The van der Waals surface area contributed by atoms with Crippen molar-refractivity contribution >= 4 is 34.3 Å². The molecular formula is C33H36ClN7O5. The van der Waals surface area contributed by atoms with Gasteiger partial charge in [-0.25, -0.2) is 9.78 Å². The summed E-state index contributed by atoms with van der Waals surface area (Å²) in [5.74, 6) is 0.720. The highest BCUT2D eigenvalue weighted by atomic mass is 35.5. The third kappa shape index (κ3) is 6.64. The van der Waals surface area contributed by atoms with Gasteiger partial charge in [-0.3, -0.25) is 15.0 Å². The van der Waals surface area contributed by atoms with Crippen molar-refractivity contribution in [1.82, 2.24) is 29.6 Å². The van der Waals surface area contributed by atoms with Crippen LogP contribution in [0.25, 0.3) is 11.0 Å². The Bertz CT molecular complexity index is 1790. The number of carbonyl (C=O) groups excluding carboxylic acids is 1. The molecule has 2 aromatic carbocycles. The van der Waals surface area contributed by atoms with Crippen molar-refractivity contribution in [2.45, 2.75) is 39.3 Å². The number of ether oxygens (including phenoxy) is 4. The second kappa shape index (κ2) is 13.8. The van der Waals surface area contributed by atoms with E-state index >= 15 is 0 Å². The van der Waals surface area contributed by atoms with E-state index < -0.39 is 5.79 Å². The quantitative estimate of drug-likeness (QED) is 0.100. The van der Waals surface area contributed by atoms with Crippen LogP contribution in [0, 0.1) is 0 Å². The lowest BCUT2D eigenvalue weighted by Gasteiger charge is -2.25. The number of halogens is 1. The van der Waals surface area contributed by atoms with Gasteiger partial charge in [-0.15, -0.1) is 0 Å². The lowest BCUT2D eigenvalue weighted by Crippen LogP contribution is -2.33. The van der Waals surface area contributed by atoms with Crippen molar-refractivity contribution in [3.05, 3.63) is 95.3 Å². The molecule has 0 fully saturated rings. The Hall–Kier alpha value is -4.65. The highest BCUT2D eigenvalue weighted by Crippen LogP contribution is 2.48. The fourth-order valence-corrected chi connectivity index (χ4v) is 5.59. The summed E-state index contributed by atoms with van der Waals surface area (Å²) >= 11 is 6.03. The number of imidazole rings is 1. The van der Waals surface area contributed by atoms with Gasteiger partial charge < -0.3 is 28.4 Å². The highest BCUT2D eigenvalue weighted by Gasteiger charge is 2.41.